The molecule has 134 valence electrons. The summed E-state index contributed by atoms with van der Waals surface area (Å²) in [7, 11) is 0. The Morgan fingerprint density at radius 1 is 1.38 bits per heavy atom. The van der Waals surface area contributed by atoms with E-state index in [1.54, 1.807) is 12.3 Å². The molecule has 0 radical (unpaired) electrons. The van der Waals surface area contributed by atoms with Crippen molar-refractivity contribution in [3.8, 4) is 5.69 Å². The zero-order valence-electron chi connectivity index (χ0n) is 13.5. The number of anilines is 1. The third-order valence-corrected chi connectivity index (χ3v) is 4.01. The lowest BCUT2D eigenvalue weighted by atomic mass is 10.1. The summed E-state index contributed by atoms with van der Waals surface area (Å²) in [4.78, 5) is 28.2. The minimum Gasteiger partial charge on any atom is -0.466 e. The third-order valence-electron chi connectivity index (χ3n) is 3.20. The summed E-state index contributed by atoms with van der Waals surface area (Å²) in [5.74, 6) is -1.43. The summed E-state index contributed by atoms with van der Waals surface area (Å²) < 4.78 is 19.6. The molecule has 2 heterocycles. The van der Waals surface area contributed by atoms with E-state index in [-0.39, 0.29) is 24.3 Å². The minimum atomic E-state index is -0.530. The number of carbonyl (C=O) groups is 2. The molecule has 0 spiro atoms. The summed E-state index contributed by atoms with van der Waals surface area (Å²) in [6.45, 7) is 2.01. The fraction of sp³-hybridized carbons (Fsp3) is 0.200. The van der Waals surface area contributed by atoms with Gasteiger partial charge in [-0.2, -0.15) is 4.68 Å². The SMILES string of the molecule is CCOC(=O)Cc1csc(NC(=O)c2ccc(F)cc2-n2cnnn2)n1. The highest BCUT2D eigenvalue weighted by molar-refractivity contribution is 7.14. The molecule has 9 nitrogen and oxygen atoms in total. The zero-order chi connectivity index (χ0) is 18.5. The van der Waals surface area contributed by atoms with Gasteiger partial charge in [-0.1, -0.05) is 0 Å². The average molecular weight is 376 g/mol. The van der Waals surface area contributed by atoms with Crippen LogP contribution < -0.4 is 5.32 Å². The molecule has 3 aromatic rings. The molecule has 2 aromatic heterocycles. The predicted octanol–water partition coefficient (Wildman–Crippen LogP) is 1.62. The first kappa shape index (κ1) is 17.6. The van der Waals surface area contributed by atoms with Crippen molar-refractivity contribution in [1.82, 2.24) is 25.2 Å². The van der Waals surface area contributed by atoms with Gasteiger partial charge in [-0.3, -0.25) is 14.9 Å². The quantitative estimate of drug-likeness (QED) is 0.651. The first-order valence-electron chi connectivity index (χ1n) is 7.51. The van der Waals surface area contributed by atoms with Gasteiger partial charge in [0.15, 0.2) is 5.13 Å². The molecule has 0 fully saturated rings. The highest BCUT2D eigenvalue weighted by Gasteiger charge is 2.17. The van der Waals surface area contributed by atoms with Crippen molar-refractivity contribution in [3.63, 3.8) is 0 Å². The second-order valence-electron chi connectivity index (χ2n) is 5.00. The monoisotopic (exact) mass is 376 g/mol. The second kappa shape index (κ2) is 7.78. The van der Waals surface area contributed by atoms with Gasteiger partial charge in [0.05, 0.1) is 30.0 Å². The van der Waals surface area contributed by atoms with Gasteiger partial charge in [-0.05, 0) is 29.5 Å². The van der Waals surface area contributed by atoms with E-state index in [0.29, 0.717) is 10.8 Å². The van der Waals surface area contributed by atoms with Crippen LogP contribution in [-0.2, 0) is 16.0 Å². The van der Waals surface area contributed by atoms with Gasteiger partial charge >= 0.3 is 5.97 Å². The Balaban J connectivity index is 1.77. The van der Waals surface area contributed by atoms with Crippen molar-refractivity contribution in [2.24, 2.45) is 0 Å². The molecule has 1 amide bonds. The van der Waals surface area contributed by atoms with Gasteiger partial charge < -0.3 is 4.74 Å². The Labute approximate surface area is 150 Å². The van der Waals surface area contributed by atoms with Crippen molar-refractivity contribution in [3.05, 3.63) is 47.0 Å². The van der Waals surface area contributed by atoms with Gasteiger partial charge in [-0.15, -0.1) is 16.4 Å². The molecule has 0 aliphatic rings. The van der Waals surface area contributed by atoms with E-state index in [2.05, 4.69) is 25.8 Å². The Hall–Kier alpha value is -3.21. The molecule has 26 heavy (non-hydrogen) atoms. The number of benzene rings is 1. The molecule has 11 heteroatoms. The molecule has 3 rings (SSSR count). The van der Waals surface area contributed by atoms with Crippen LogP contribution in [0.3, 0.4) is 0 Å². The Morgan fingerprint density at radius 3 is 2.96 bits per heavy atom. The first-order chi connectivity index (χ1) is 12.6. The highest BCUT2D eigenvalue weighted by atomic mass is 32.1. The van der Waals surface area contributed by atoms with E-state index in [4.69, 9.17) is 4.74 Å². The van der Waals surface area contributed by atoms with Gasteiger partial charge in [0.1, 0.15) is 12.1 Å². The summed E-state index contributed by atoms with van der Waals surface area (Å²) in [6.07, 6.45) is 1.28. The first-order valence-corrected chi connectivity index (χ1v) is 8.39. The number of esters is 1. The molecule has 0 saturated carbocycles. The van der Waals surface area contributed by atoms with Crippen molar-refractivity contribution in [1.29, 1.82) is 0 Å². The fourth-order valence-corrected chi connectivity index (χ4v) is 2.83. The number of rotatable bonds is 6. The number of thiazole rings is 1. The number of hydrogen-bond donors (Lipinski definition) is 1. The van der Waals surface area contributed by atoms with Gasteiger partial charge in [0.2, 0.25) is 0 Å². The molecule has 1 aromatic carbocycles. The Kier molecular flexibility index (Phi) is 5.27. The largest absolute Gasteiger partial charge is 0.466 e. The third kappa shape index (κ3) is 4.06. The van der Waals surface area contributed by atoms with Crippen molar-refractivity contribution in [2.75, 3.05) is 11.9 Å². The van der Waals surface area contributed by atoms with Crippen LogP contribution in [0.25, 0.3) is 5.69 Å². The van der Waals surface area contributed by atoms with Gasteiger partial charge in [0.25, 0.3) is 5.91 Å². The smallest absolute Gasteiger partial charge is 0.311 e. The number of hydrogen-bond acceptors (Lipinski definition) is 8. The molecule has 0 bridgehead atoms. The van der Waals surface area contributed by atoms with Crippen LogP contribution >= 0.6 is 11.3 Å². The summed E-state index contributed by atoms with van der Waals surface area (Å²) in [5.41, 5.74) is 0.847. The molecule has 0 atom stereocenters. The molecule has 0 aliphatic heterocycles. The fourth-order valence-electron chi connectivity index (χ4n) is 2.13. The maximum atomic E-state index is 13.5. The van der Waals surface area contributed by atoms with E-state index >= 15 is 0 Å². The Bertz CT molecular complexity index is 927. The average Bonchev–Trinajstić information content (AvgIpc) is 3.27. The lowest BCUT2D eigenvalue weighted by molar-refractivity contribution is -0.142. The number of halogens is 1. The number of amides is 1. The lowest BCUT2D eigenvalue weighted by Crippen LogP contribution is -2.16. The van der Waals surface area contributed by atoms with Gasteiger partial charge in [-0.25, -0.2) is 9.37 Å². The number of nitrogens with zero attached hydrogens (tertiary/aromatic N) is 5. The van der Waals surface area contributed by atoms with E-state index in [0.717, 1.165) is 12.1 Å². The van der Waals surface area contributed by atoms with Crippen molar-refractivity contribution in [2.45, 2.75) is 13.3 Å². The summed E-state index contributed by atoms with van der Waals surface area (Å²) in [6, 6.07) is 3.64. The van der Waals surface area contributed by atoms with Crippen LogP contribution in [0.2, 0.25) is 0 Å². The van der Waals surface area contributed by atoms with Crippen LogP contribution in [0.5, 0.6) is 0 Å². The van der Waals surface area contributed by atoms with E-state index in [9.17, 15) is 14.0 Å². The number of nitrogens with one attached hydrogen (secondary N) is 1. The van der Waals surface area contributed by atoms with E-state index < -0.39 is 17.7 Å². The Morgan fingerprint density at radius 2 is 2.23 bits per heavy atom. The van der Waals surface area contributed by atoms with Crippen LogP contribution in [0, 0.1) is 5.82 Å². The maximum absolute atomic E-state index is 13.5. The molecule has 0 unspecified atom stereocenters. The van der Waals surface area contributed by atoms with Crippen LogP contribution in [-0.4, -0.2) is 43.7 Å². The summed E-state index contributed by atoms with van der Waals surface area (Å²) in [5, 5.41) is 15.2. The lowest BCUT2D eigenvalue weighted by Gasteiger charge is -2.08. The molecule has 0 saturated heterocycles. The topological polar surface area (TPSA) is 112 Å². The van der Waals surface area contributed by atoms with Crippen LogP contribution in [0.4, 0.5) is 9.52 Å². The van der Waals surface area contributed by atoms with Crippen molar-refractivity contribution < 1.29 is 18.7 Å². The second-order valence-corrected chi connectivity index (χ2v) is 5.85. The molecular weight excluding hydrogens is 363 g/mol. The summed E-state index contributed by atoms with van der Waals surface area (Å²) >= 11 is 1.17. The normalized spacial score (nSPS) is 10.5. The molecule has 0 aliphatic carbocycles. The zero-order valence-corrected chi connectivity index (χ0v) is 14.4. The van der Waals surface area contributed by atoms with Crippen LogP contribution in [0.15, 0.2) is 29.9 Å². The van der Waals surface area contributed by atoms with Crippen LogP contribution in [0.1, 0.15) is 23.0 Å². The standard InChI is InChI=1S/C15H13FN6O3S/c1-2-25-13(23)6-10-7-26-15(18-10)19-14(24)11-4-3-9(16)5-12(11)22-8-17-20-21-22/h3-5,7-8H,2,6H2,1H3,(H,18,19,24). The van der Waals surface area contributed by atoms with Crippen molar-refractivity contribution >= 4 is 28.3 Å². The van der Waals surface area contributed by atoms with Gasteiger partial charge in [0, 0.05) is 11.4 Å². The number of tetrazole rings is 1. The van der Waals surface area contributed by atoms with E-state index in [1.807, 2.05) is 0 Å². The predicted molar refractivity (Wildman–Crippen MR) is 89.5 cm³/mol. The molecular formula is C15H13FN6O3S. The highest BCUT2D eigenvalue weighted by Crippen LogP contribution is 2.20. The molecule has 1 N–H and O–H groups in total. The maximum Gasteiger partial charge on any atom is 0.311 e. The minimum absolute atomic E-state index is 0.0205. The number of ether oxygens (including phenoxy) is 1. The van der Waals surface area contributed by atoms with E-state index in [1.165, 1.54) is 28.4 Å². The number of carbonyl (C=O) groups excluding carboxylic acids is 2. The number of aromatic nitrogens is 5.